The Morgan fingerprint density at radius 3 is 2.89 bits per heavy atom. The van der Waals surface area contributed by atoms with Gasteiger partial charge in [-0.25, -0.2) is 0 Å². The van der Waals surface area contributed by atoms with Crippen LogP contribution in [0.1, 0.15) is 17.0 Å². The number of hydrogen-bond acceptors (Lipinski definition) is 4. The van der Waals surface area contributed by atoms with Crippen molar-refractivity contribution in [2.24, 2.45) is 0 Å². The van der Waals surface area contributed by atoms with Crippen LogP contribution in [0.5, 0.6) is 5.75 Å². The molecule has 0 saturated heterocycles. The number of benzene rings is 1. The highest BCUT2D eigenvalue weighted by Gasteiger charge is 2.04. The van der Waals surface area contributed by atoms with Gasteiger partial charge < -0.3 is 14.6 Å². The monoisotopic (exact) mass is 310 g/mol. The first-order valence-electron chi connectivity index (χ1n) is 5.67. The van der Waals surface area contributed by atoms with Gasteiger partial charge in [0.05, 0.1) is 5.69 Å². The standard InChI is InChI=1S/C13H15BrN2O2/c1-9-5-12(18-16-9)8-17-11-3-4-13(14)10(6-11)7-15-2/h3-6,15H,7-8H2,1-2H3. The van der Waals surface area contributed by atoms with Crippen molar-refractivity contribution >= 4 is 15.9 Å². The van der Waals surface area contributed by atoms with Gasteiger partial charge in [-0.3, -0.25) is 0 Å². The van der Waals surface area contributed by atoms with E-state index in [2.05, 4.69) is 26.4 Å². The van der Waals surface area contributed by atoms with E-state index in [0.717, 1.165) is 33.8 Å². The zero-order valence-electron chi connectivity index (χ0n) is 10.4. The average Bonchev–Trinajstić information content (AvgIpc) is 2.76. The number of nitrogens with one attached hydrogen (secondary N) is 1. The van der Waals surface area contributed by atoms with Gasteiger partial charge in [0.1, 0.15) is 12.4 Å². The lowest BCUT2D eigenvalue weighted by molar-refractivity contribution is 0.248. The summed E-state index contributed by atoms with van der Waals surface area (Å²) in [4.78, 5) is 0. The molecule has 4 nitrogen and oxygen atoms in total. The van der Waals surface area contributed by atoms with Crippen LogP contribution >= 0.6 is 15.9 Å². The summed E-state index contributed by atoms with van der Waals surface area (Å²) >= 11 is 3.51. The van der Waals surface area contributed by atoms with Gasteiger partial charge in [0.25, 0.3) is 0 Å². The van der Waals surface area contributed by atoms with Gasteiger partial charge in [0.15, 0.2) is 5.76 Å². The topological polar surface area (TPSA) is 47.3 Å². The van der Waals surface area contributed by atoms with Crippen LogP contribution < -0.4 is 10.1 Å². The summed E-state index contributed by atoms with van der Waals surface area (Å²) < 4.78 is 11.8. The third kappa shape index (κ3) is 3.34. The van der Waals surface area contributed by atoms with Crippen molar-refractivity contribution in [3.05, 3.63) is 45.8 Å². The van der Waals surface area contributed by atoms with Crippen molar-refractivity contribution in [3.63, 3.8) is 0 Å². The van der Waals surface area contributed by atoms with Crippen LogP contribution in [0.25, 0.3) is 0 Å². The molecule has 0 aliphatic rings. The first-order chi connectivity index (χ1) is 8.69. The van der Waals surface area contributed by atoms with Gasteiger partial charge >= 0.3 is 0 Å². The molecule has 1 aromatic carbocycles. The molecule has 18 heavy (non-hydrogen) atoms. The van der Waals surface area contributed by atoms with E-state index >= 15 is 0 Å². The zero-order valence-corrected chi connectivity index (χ0v) is 12.0. The van der Waals surface area contributed by atoms with E-state index in [-0.39, 0.29) is 0 Å². The summed E-state index contributed by atoms with van der Waals surface area (Å²) in [5.74, 6) is 1.54. The molecule has 0 spiro atoms. The first-order valence-corrected chi connectivity index (χ1v) is 6.46. The predicted molar refractivity (Wildman–Crippen MR) is 72.5 cm³/mol. The number of hydrogen-bond donors (Lipinski definition) is 1. The van der Waals surface area contributed by atoms with Crippen LogP contribution in [0.4, 0.5) is 0 Å². The summed E-state index contributed by atoms with van der Waals surface area (Å²) in [6, 6.07) is 7.78. The SMILES string of the molecule is CNCc1cc(OCc2cc(C)no2)ccc1Br. The molecule has 0 amide bonds. The fraction of sp³-hybridized carbons (Fsp3) is 0.308. The minimum absolute atomic E-state index is 0.390. The fourth-order valence-corrected chi connectivity index (χ4v) is 1.99. The molecule has 0 aliphatic heterocycles. The first kappa shape index (κ1) is 13.1. The van der Waals surface area contributed by atoms with Crippen molar-refractivity contribution in [1.82, 2.24) is 10.5 Å². The number of rotatable bonds is 5. The van der Waals surface area contributed by atoms with Crippen molar-refractivity contribution in [2.75, 3.05) is 7.05 Å². The molecule has 96 valence electrons. The van der Waals surface area contributed by atoms with Crippen molar-refractivity contribution in [1.29, 1.82) is 0 Å². The highest BCUT2D eigenvalue weighted by Crippen LogP contribution is 2.23. The normalized spacial score (nSPS) is 10.6. The zero-order chi connectivity index (χ0) is 13.0. The minimum Gasteiger partial charge on any atom is -0.486 e. The summed E-state index contributed by atoms with van der Waals surface area (Å²) in [7, 11) is 1.91. The molecule has 1 aromatic heterocycles. The van der Waals surface area contributed by atoms with Gasteiger partial charge in [0, 0.05) is 17.1 Å². The smallest absolute Gasteiger partial charge is 0.174 e. The van der Waals surface area contributed by atoms with E-state index in [1.807, 2.05) is 38.2 Å². The highest BCUT2D eigenvalue weighted by molar-refractivity contribution is 9.10. The molecule has 0 atom stereocenters. The van der Waals surface area contributed by atoms with E-state index in [4.69, 9.17) is 9.26 Å². The number of aromatic nitrogens is 1. The third-order valence-electron chi connectivity index (χ3n) is 2.44. The largest absolute Gasteiger partial charge is 0.486 e. The quantitative estimate of drug-likeness (QED) is 0.922. The van der Waals surface area contributed by atoms with Crippen LogP contribution in [0.3, 0.4) is 0 Å². The van der Waals surface area contributed by atoms with Gasteiger partial charge in [-0.15, -0.1) is 0 Å². The second-order valence-electron chi connectivity index (χ2n) is 4.01. The van der Waals surface area contributed by atoms with Crippen LogP contribution in [0.15, 0.2) is 33.3 Å². The van der Waals surface area contributed by atoms with Crippen molar-refractivity contribution in [3.8, 4) is 5.75 Å². The maximum atomic E-state index is 5.67. The lowest BCUT2D eigenvalue weighted by Crippen LogP contribution is -2.06. The van der Waals surface area contributed by atoms with Gasteiger partial charge in [0.2, 0.25) is 0 Å². The van der Waals surface area contributed by atoms with Crippen molar-refractivity contribution < 1.29 is 9.26 Å². The van der Waals surface area contributed by atoms with E-state index in [1.54, 1.807) is 0 Å². The lowest BCUT2D eigenvalue weighted by atomic mass is 10.2. The molecule has 1 N–H and O–H groups in total. The van der Waals surface area contributed by atoms with Gasteiger partial charge in [-0.2, -0.15) is 0 Å². The maximum Gasteiger partial charge on any atom is 0.174 e. The predicted octanol–water partition coefficient (Wildman–Crippen LogP) is 3.04. The second-order valence-corrected chi connectivity index (χ2v) is 4.86. The molecule has 1 heterocycles. The summed E-state index contributed by atoms with van der Waals surface area (Å²) in [5, 5.41) is 6.93. The van der Waals surface area contributed by atoms with Crippen LogP contribution in [-0.2, 0) is 13.2 Å². The van der Waals surface area contributed by atoms with E-state index in [1.165, 1.54) is 0 Å². The molecule has 0 unspecified atom stereocenters. The Morgan fingerprint density at radius 1 is 1.39 bits per heavy atom. The number of ether oxygens (including phenoxy) is 1. The second kappa shape index (κ2) is 6.02. The fourth-order valence-electron chi connectivity index (χ4n) is 1.61. The molecule has 0 fully saturated rings. The van der Waals surface area contributed by atoms with Crippen LogP contribution in [0, 0.1) is 6.92 Å². The summed E-state index contributed by atoms with van der Waals surface area (Å²) in [5.41, 5.74) is 2.02. The number of aryl methyl sites for hydroxylation is 1. The number of nitrogens with zero attached hydrogens (tertiary/aromatic N) is 1. The Bertz CT molecular complexity index is 525. The Morgan fingerprint density at radius 2 is 2.22 bits per heavy atom. The minimum atomic E-state index is 0.390. The van der Waals surface area contributed by atoms with Crippen LogP contribution in [0.2, 0.25) is 0 Å². The van der Waals surface area contributed by atoms with Gasteiger partial charge in [-0.1, -0.05) is 21.1 Å². The van der Waals surface area contributed by atoms with E-state index < -0.39 is 0 Å². The molecule has 5 heteroatoms. The van der Waals surface area contributed by atoms with Gasteiger partial charge in [-0.05, 0) is 37.7 Å². The maximum absolute atomic E-state index is 5.67. The Labute approximate surface area is 114 Å². The van der Waals surface area contributed by atoms with E-state index in [0.29, 0.717) is 6.61 Å². The molecule has 0 aliphatic carbocycles. The van der Waals surface area contributed by atoms with Crippen LogP contribution in [-0.4, -0.2) is 12.2 Å². The van der Waals surface area contributed by atoms with Crippen molar-refractivity contribution in [2.45, 2.75) is 20.1 Å². The third-order valence-corrected chi connectivity index (χ3v) is 3.22. The summed E-state index contributed by atoms with van der Waals surface area (Å²) in [6.45, 7) is 3.07. The molecular formula is C13H15BrN2O2. The molecule has 0 saturated carbocycles. The lowest BCUT2D eigenvalue weighted by Gasteiger charge is -2.08. The number of halogens is 1. The highest BCUT2D eigenvalue weighted by atomic mass is 79.9. The average molecular weight is 311 g/mol. The molecule has 2 rings (SSSR count). The van der Waals surface area contributed by atoms with E-state index in [9.17, 15) is 0 Å². The molecule has 0 radical (unpaired) electrons. The molecule has 2 aromatic rings. The Kier molecular flexibility index (Phi) is 4.38. The Hall–Kier alpha value is -1.33. The summed E-state index contributed by atoms with van der Waals surface area (Å²) in [6.07, 6.45) is 0. The Balaban J connectivity index is 2.03. The molecule has 0 bridgehead atoms. The molecular weight excluding hydrogens is 296 g/mol.